The van der Waals surface area contributed by atoms with Crippen LogP contribution in [0.1, 0.15) is 25.0 Å². The standard InChI is InChI=1S/C28H30Cl2N2O3/c1-20(2)17-31-28(34)26(15-21-8-4-3-5-9-21)32(18-22-10-6-11-23(29)14-22)27(33)19-35-25-13-7-12-24(30)16-25/h3-14,16,20,26H,15,17-19H2,1-2H3,(H,31,34)/t26-/m0/s1. The fourth-order valence-electron chi connectivity index (χ4n) is 3.59. The van der Waals surface area contributed by atoms with Crippen LogP contribution in [0.3, 0.4) is 0 Å². The highest BCUT2D eigenvalue weighted by Crippen LogP contribution is 2.20. The van der Waals surface area contributed by atoms with Crippen LogP contribution in [-0.4, -0.2) is 35.9 Å². The molecule has 5 nitrogen and oxygen atoms in total. The number of carbonyl (C=O) groups excluding carboxylic acids is 2. The zero-order valence-electron chi connectivity index (χ0n) is 19.9. The number of carbonyl (C=O) groups is 2. The minimum Gasteiger partial charge on any atom is -0.484 e. The first-order valence-electron chi connectivity index (χ1n) is 11.6. The second kappa shape index (κ2) is 13.2. The van der Waals surface area contributed by atoms with Crippen molar-refractivity contribution in [1.82, 2.24) is 10.2 Å². The highest BCUT2D eigenvalue weighted by Gasteiger charge is 2.30. The SMILES string of the molecule is CC(C)CNC(=O)[C@H](Cc1ccccc1)N(Cc1cccc(Cl)c1)C(=O)COc1cccc(Cl)c1. The third-order valence-electron chi connectivity index (χ3n) is 5.36. The molecule has 1 atom stereocenters. The van der Waals surface area contributed by atoms with Crippen LogP contribution in [0.5, 0.6) is 5.75 Å². The van der Waals surface area contributed by atoms with Gasteiger partial charge in [0.2, 0.25) is 5.91 Å². The first kappa shape index (κ1) is 26.6. The van der Waals surface area contributed by atoms with Crippen molar-refractivity contribution < 1.29 is 14.3 Å². The second-order valence-electron chi connectivity index (χ2n) is 8.74. The molecule has 0 spiro atoms. The third kappa shape index (κ3) is 8.61. The summed E-state index contributed by atoms with van der Waals surface area (Å²) in [5, 5.41) is 4.08. The van der Waals surface area contributed by atoms with E-state index in [9.17, 15) is 9.59 Å². The van der Waals surface area contributed by atoms with Crippen molar-refractivity contribution in [3.8, 4) is 5.75 Å². The quantitative estimate of drug-likeness (QED) is 0.354. The summed E-state index contributed by atoms with van der Waals surface area (Å²) in [4.78, 5) is 28.5. The molecular weight excluding hydrogens is 483 g/mol. The van der Waals surface area contributed by atoms with Crippen LogP contribution in [0.25, 0.3) is 0 Å². The Bertz CT molecular complexity index is 1120. The van der Waals surface area contributed by atoms with Crippen LogP contribution in [0.15, 0.2) is 78.9 Å². The summed E-state index contributed by atoms with van der Waals surface area (Å²) in [5.74, 6) is 0.239. The van der Waals surface area contributed by atoms with Gasteiger partial charge in [0, 0.05) is 29.6 Å². The molecular formula is C28H30Cl2N2O3. The summed E-state index contributed by atoms with van der Waals surface area (Å²) < 4.78 is 5.74. The number of halogens is 2. The molecule has 184 valence electrons. The minimum atomic E-state index is -0.731. The van der Waals surface area contributed by atoms with Crippen LogP contribution in [0.2, 0.25) is 10.0 Å². The number of nitrogens with zero attached hydrogens (tertiary/aromatic N) is 1. The Hall–Kier alpha value is -3.02. The largest absolute Gasteiger partial charge is 0.484 e. The van der Waals surface area contributed by atoms with E-state index < -0.39 is 6.04 Å². The lowest BCUT2D eigenvalue weighted by Gasteiger charge is -2.31. The Morgan fingerprint density at radius 2 is 1.54 bits per heavy atom. The van der Waals surface area contributed by atoms with Crippen molar-refractivity contribution in [3.05, 3.63) is 100 Å². The molecule has 0 heterocycles. The maximum Gasteiger partial charge on any atom is 0.261 e. The maximum absolute atomic E-state index is 13.5. The van der Waals surface area contributed by atoms with Gasteiger partial charge < -0.3 is 15.0 Å². The molecule has 0 saturated heterocycles. The van der Waals surface area contributed by atoms with Crippen molar-refractivity contribution in [2.24, 2.45) is 5.92 Å². The molecule has 0 unspecified atom stereocenters. The Kier molecular flexibility index (Phi) is 10.0. The van der Waals surface area contributed by atoms with E-state index >= 15 is 0 Å². The van der Waals surface area contributed by atoms with Crippen LogP contribution in [-0.2, 0) is 22.6 Å². The van der Waals surface area contributed by atoms with E-state index in [2.05, 4.69) is 5.32 Å². The molecule has 7 heteroatoms. The van der Waals surface area contributed by atoms with Crippen molar-refractivity contribution in [2.45, 2.75) is 32.9 Å². The molecule has 0 saturated carbocycles. The molecule has 2 amide bonds. The van der Waals surface area contributed by atoms with Crippen molar-refractivity contribution in [3.63, 3.8) is 0 Å². The smallest absolute Gasteiger partial charge is 0.261 e. The van der Waals surface area contributed by atoms with Gasteiger partial charge in [-0.25, -0.2) is 0 Å². The summed E-state index contributed by atoms with van der Waals surface area (Å²) in [6.45, 7) is 4.55. The predicted octanol–water partition coefficient (Wildman–Crippen LogP) is 5.78. The van der Waals surface area contributed by atoms with Crippen LogP contribution in [0.4, 0.5) is 0 Å². The zero-order chi connectivity index (χ0) is 25.2. The number of nitrogens with one attached hydrogen (secondary N) is 1. The number of benzene rings is 3. The first-order valence-corrected chi connectivity index (χ1v) is 12.3. The van der Waals surface area contributed by atoms with Crippen molar-refractivity contribution >= 4 is 35.0 Å². The highest BCUT2D eigenvalue weighted by molar-refractivity contribution is 6.30. The van der Waals surface area contributed by atoms with Gasteiger partial charge in [0.1, 0.15) is 11.8 Å². The average Bonchev–Trinajstić information content (AvgIpc) is 2.84. The van der Waals surface area contributed by atoms with E-state index in [0.717, 1.165) is 11.1 Å². The van der Waals surface area contributed by atoms with Gasteiger partial charge in [-0.05, 0) is 47.4 Å². The van der Waals surface area contributed by atoms with Crippen molar-refractivity contribution in [1.29, 1.82) is 0 Å². The average molecular weight is 513 g/mol. The molecule has 35 heavy (non-hydrogen) atoms. The molecule has 3 aromatic carbocycles. The predicted molar refractivity (Wildman–Crippen MR) is 141 cm³/mol. The van der Waals surface area contributed by atoms with E-state index in [4.69, 9.17) is 27.9 Å². The first-order chi connectivity index (χ1) is 16.8. The van der Waals surface area contributed by atoms with Gasteiger partial charge in [0.05, 0.1) is 0 Å². The minimum absolute atomic E-state index is 0.208. The molecule has 0 aliphatic heterocycles. The molecule has 0 bridgehead atoms. The fraction of sp³-hybridized carbons (Fsp3) is 0.286. The number of ether oxygens (including phenoxy) is 1. The number of amides is 2. The summed E-state index contributed by atoms with van der Waals surface area (Å²) in [6.07, 6.45) is 0.369. The lowest BCUT2D eigenvalue weighted by molar-refractivity contribution is -0.142. The van der Waals surface area contributed by atoms with Crippen LogP contribution in [0, 0.1) is 5.92 Å². The molecule has 0 radical (unpaired) electrons. The van der Waals surface area contributed by atoms with Gasteiger partial charge in [0.15, 0.2) is 6.61 Å². The van der Waals surface area contributed by atoms with E-state index in [1.807, 2.05) is 56.3 Å². The number of hydrogen-bond donors (Lipinski definition) is 1. The van der Waals surface area contributed by atoms with E-state index in [1.54, 1.807) is 41.3 Å². The number of rotatable bonds is 11. The highest BCUT2D eigenvalue weighted by atomic mass is 35.5. The zero-order valence-corrected chi connectivity index (χ0v) is 21.4. The van der Waals surface area contributed by atoms with E-state index in [-0.39, 0.29) is 30.9 Å². The van der Waals surface area contributed by atoms with Crippen LogP contribution < -0.4 is 10.1 Å². The van der Waals surface area contributed by atoms with Gasteiger partial charge in [-0.2, -0.15) is 0 Å². The van der Waals surface area contributed by atoms with E-state index in [1.165, 1.54) is 0 Å². The normalized spacial score (nSPS) is 11.7. The molecule has 0 aliphatic rings. The summed E-state index contributed by atoms with van der Waals surface area (Å²) in [5.41, 5.74) is 1.78. The lowest BCUT2D eigenvalue weighted by Crippen LogP contribution is -2.52. The summed E-state index contributed by atoms with van der Waals surface area (Å²) in [6, 6.07) is 23.1. The molecule has 0 aromatic heterocycles. The number of hydrogen-bond acceptors (Lipinski definition) is 3. The van der Waals surface area contributed by atoms with Gasteiger partial charge in [-0.15, -0.1) is 0 Å². The van der Waals surface area contributed by atoms with Gasteiger partial charge in [-0.1, -0.05) is 85.6 Å². The monoisotopic (exact) mass is 512 g/mol. The Labute approximate surface area is 217 Å². The third-order valence-corrected chi connectivity index (χ3v) is 5.83. The molecule has 3 rings (SSSR count). The Balaban J connectivity index is 1.90. The molecule has 0 aliphatic carbocycles. The Morgan fingerprint density at radius 3 is 2.20 bits per heavy atom. The Morgan fingerprint density at radius 1 is 0.886 bits per heavy atom. The van der Waals surface area contributed by atoms with E-state index in [0.29, 0.717) is 28.8 Å². The summed E-state index contributed by atoms with van der Waals surface area (Å²) in [7, 11) is 0. The van der Waals surface area contributed by atoms with Crippen molar-refractivity contribution in [2.75, 3.05) is 13.2 Å². The maximum atomic E-state index is 13.5. The second-order valence-corrected chi connectivity index (χ2v) is 9.62. The van der Waals surface area contributed by atoms with Crippen LogP contribution >= 0.6 is 23.2 Å². The fourth-order valence-corrected chi connectivity index (χ4v) is 3.99. The molecule has 3 aromatic rings. The topological polar surface area (TPSA) is 58.6 Å². The summed E-state index contributed by atoms with van der Waals surface area (Å²) >= 11 is 12.2. The molecule has 1 N–H and O–H groups in total. The molecule has 0 fully saturated rings. The van der Waals surface area contributed by atoms with Gasteiger partial charge >= 0.3 is 0 Å². The van der Waals surface area contributed by atoms with Gasteiger partial charge in [-0.3, -0.25) is 9.59 Å². The lowest BCUT2D eigenvalue weighted by atomic mass is 10.0. The van der Waals surface area contributed by atoms with Gasteiger partial charge in [0.25, 0.3) is 5.91 Å².